The third-order valence-electron chi connectivity index (χ3n) is 4.47. The van der Waals surface area contributed by atoms with Crippen molar-refractivity contribution < 1.29 is 18.7 Å². The Morgan fingerprint density at radius 1 is 1.19 bits per heavy atom. The largest absolute Gasteiger partial charge is 0.377 e. The number of ether oxygens (including phenoxy) is 1. The van der Waals surface area contributed by atoms with Crippen LogP contribution in [0.2, 0.25) is 5.02 Å². The summed E-state index contributed by atoms with van der Waals surface area (Å²) in [7, 11) is 0. The average molecular weight is 391 g/mol. The van der Waals surface area contributed by atoms with E-state index in [0.29, 0.717) is 31.0 Å². The maximum Gasteiger partial charge on any atom is 0.260 e. The first-order valence-electron chi connectivity index (χ1n) is 8.55. The number of rotatable bonds is 3. The van der Waals surface area contributed by atoms with E-state index in [9.17, 15) is 14.0 Å². The van der Waals surface area contributed by atoms with Gasteiger partial charge in [-0.1, -0.05) is 17.7 Å². The van der Waals surface area contributed by atoms with E-state index in [1.165, 1.54) is 18.2 Å². The highest BCUT2D eigenvalue weighted by molar-refractivity contribution is 6.34. The molecule has 2 aromatic rings. The number of morpholine rings is 1. The number of nitrogens with zero attached hydrogens (tertiary/aromatic N) is 1. The topological polar surface area (TPSA) is 58.6 Å². The van der Waals surface area contributed by atoms with Gasteiger partial charge in [0.1, 0.15) is 5.82 Å². The highest BCUT2D eigenvalue weighted by atomic mass is 35.5. The van der Waals surface area contributed by atoms with Crippen LogP contribution in [0, 0.1) is 5.82 Å². The van der Waals surface area contributed by atoms with Gasteiger partial charge in [0.05, 0.1) is 29.3 Å². The SMILES string of the molecule is CC1(C)COCCN1C(=O)c1ccc(NC(=O)c2c(F)cccc2Cl)cc1. The maximum absolute atomic E-state index is 13.8. The van der Waals surface area contributed by atoms with Crippen LogP contribution in [0.15, 0.2) is 42.5 Å². The molecule has 1 fully saturated rings. The van der Waals surface area contributed by atoms with Crippen LogP contribution in [-0.4, -0.2) is 42.0 Å². The van der Waals surface area contributed by atoms with Gasteiger partial charge in [-0.25, -0.2) is 4.39 Å². The Bertz CT molecular complexity index is 848. The van der Waals surface area contributed by atoms with Crippen molar-refractivity contribution >= 4 is 29.1 Å². The third-order valence-corrected chi connectivity index (χ3v) is 4.78. The molecule has 0 aliphatic carbocycles. The molecule has 2 amide bonds. The Morgan fingerprint density at radius 2 is 1.89 bits per heavy atom. The van der Waals surface area contributed by atoms with E-state index >= 15 is 0 Å². The van der Waals surface area contributed by atoms with Crippen molar-refractivity contribution in [1.29, 1.82) is 0 Å². The maximum atomic E-state index is 13.8. The molecule has 0 unspecified atom stereocenters. The van der Waals surface area contributed by atoms with Gasteiger partial charge in [0.15, 0.2) is 0 Å². The number of halogens is 2. The highest BCUT2D eigenvalue weighted by Crippen LogP contribution is 2.23. The second-order valence-electron chi connectivity index (χ2n) is 6.95. The van der Waals surface area contributed by atoms with Crippen molar-refractivity contribution in [2.45, 2.75) is 19.4 Å². The number of benzene rings is 2. The number of nitrogens with one attached hydrogen (secondary N) is 1. The molecule has 0 atom stereocenters. The lowest BCUT2D eigenvalue weighted by Crippen LogP contribution is -2.55. The summed E-state index contributed by atoms with van der Waals surface area (Å²) in [6.07, 6.45) is 0. The van der Waals surface area contributed by atoms with Crippen LogP contribution in [0.3, 0.4) is 0 Å². The van der Waals surface area contributed by atoms with Gasteiger partial charge in [0, 0.05) is 17.8 Å². The summed E-state index contributed by atoms with van der Waals surface area (Å²) in [6, 6.07) is 10.5. The van der Waals surface area contributed by atoms with Gasteiger partial charge < -0.3 is 15.0 Å². The van der Waals surface area contributed by atoms with Gasteiger partial charge in [-0.3, -0.25) is 9.59 Å². The predicted octanol–water partition coefficient (Wildman–Crippen LogP) is 3.98. The lowest BCUT2D eigenvalue weighted by atomic mass is 10.0. The number of hydrogen-bond donors (Lipinski definition) is 1. The Kier molecular flexibility index (Phi) is 5.48. The zero-order chi connectivity index (χ0) is 19.6. The Hall–Kier alpha value is -2.44. The van der Waals surface area contributed by atoms with Crippen LogP contribution >= 0.6 is 11.6 Å². The molecular weight excluding hydrogens is 371 g/mol. The summed E-state index contributed by atoms with van der Waals surface area (Å²) in [5.41, 5.74) is 0.350. The molecule has 1 saturated heterocycles. The van der Waals surface area contributed by atoms with Crippen LogP contribution in [0.5, 0.6) is 0 Å². The third kappa shape index (κ3) is 4.12. The highest BCUT2D eigenvalue weighted by Gasteiger charge is 2.34. The molecule has 0 bridgehead atoms. The van der Waals surface area contributed by atoms with E-state index in [1.54, 1.807) is 29.2 Å². The number of carbonyl (C=O) groups excluding carboxylic acids is 2. The monoisotopic (exact) mass is 390 g/mol. The zero-order valence-corrected chi connectivity index (χ0v) is 15.8. The zero-order valence-electron chi connectivity index (χ0n) is 15.1. The number of amides is 2. The van der Waals surface area contributed by atoms with Crippen LogP contribution in [0.1, 0.15) is 34.6 Å². The molecule has 0 saturated carbocycles. The predicted molar refractivity (Wildman–Crippen MR) is 102 cm³/mol. The first-order valence-corrected chi connectivity index (χ1v) is 8.92. The summed E-state index contributed by atoms with van der Waals surface area (Å²) in [4.78, 5) is 26.8. The van der Waals surface area contributed by atoms with Crippen molar-refractivity contribution in [2.24, 2.45) is 0 Å². The summed E-state index contributed by atoms with van der Waals surface area (Å²) in [5.74, 6) is -1.44. The van der Waals surface area contributed by atoms with Crippen molar-refractivity contribution in [3.8, 4) is 0 Å². The molecule has 0 spiro atoms. The molecule has 0 aromatic heterocycles. The fraction of sp³-hybridized carbons (Fsp3) is 0.300. The van der Waals surface area contributed by atoms with Gasteiger partial charge in [-0.15, -0.1) is 0 Å². The van der Waals surface area contributed by atoms with Crippen molar-refractivity contribution in [1.82, 2.24) is 4.90 Å². The number of hydrogen-bond acceptors (Lipinski definition) is 3. The molecule has 3 rings (SSSR count). The number of carbonyl (C=O) groups is 2. The average Bonchev–Trinajstić information content (AvgIpc) is 2.61. The van der Waals surface area contributed by atoms with E-state index < -0.39 is 11.7 Å². The quantitative estimate of drug-likeness (QED) is 0.862. The molecule has 2 aromatic carbocycles. The Labute approximate surface area is 162 Å². The minimum Gasteiger partial charge on any atom is -0.377 e. The molecule has 5 nitrogen and oxygen atoms in total. The molecular formula is C20H20ClFN2O3. The fourth-order valence-electron chi connectivity index (χ4n) is 3.00. The van der Waals surface area contributed by atoms with Gasteiger partial charge in [-0.2, -0.15) is 0 Å². The minimum atomic E-state index is -0.693. The Morgan fingerprint density at radius 3 is 2.52 bits per heavy atom. The van der Waals surface area contributed by atoms with Gasteiger partial charge >= 0.3 is 0 Å². The lowest BCUT2D eigenvalue weighted by Gasteiger charge is -2.42. The van der Waals surface area contributed by atoms with E-state index in [0.717, 1.165) is 0 Å². The lowest BCUT2D eigenvalue weighted by molar-refractivity contribution is -0.0370. The second-order valence-corrected chi connectivity index (χ2v) is 7.36. The second kappa shape index (κ2) is 7.66. The molecule has 1 N–H and O–H groups in total. The summed E-state index contributed by atoms with van der Waals surface area (Å²) in [6.45, 7) is 5.42. The molecule has 0 radical (unpaired) electrons. The van der Waals surface area contributed by atoms with Gasteiger partial charge in [0.2, 0.25) is 0 Å². The molecule has 1 aliphatic heterocycles. The van der Waals surface area contributed by atoms with E-state index in [4.69, 9.17) is 16.3 Å². The summed E-state index contributed by atoms with van der Waals surface area (Å²) >= 11 is 5.91. The minimum absolute atomic E-state index is 0.0360. The first kappa shape index (κ1) is 19.3. The molecule has 1 heterocycles. The fourth-order valence-corrected chi connectivity index (χ4v) is 3.24. The van der Waals surface area contributed by atoms with Gasteiger partial charge in [0.25, 0.3) is 11.8 Å². The van der Waals surface area contributed by atoms with E-state index in [-0.39, 0.29) is 22.0 Å². The molecule has 1 aliphatic rings. The van der Waals surface area contributed by atoms with Crippen LogP contribution in [0.25, 0.3) is 0 Å². The Balaban J connectivity index is 1.74. The van der Waals surface area contributed by atoms with Crippen molar-refractivity contribution in [2.75, 3.05) is 25.1 Å². The van der Waals surface area contributed by atoms with Crippen molar-refractivity contribution in [3.05, 3.63) is 64.4 Å². The van der Waals surface area contributed by atoms with E-state index in [1.807, 2.05) is 13.8 Å². The normalized spacial score (nSPS) is 16.1. The van der Waals surface area contributed by atoms with Crippen LogP contribution in [-0.2, 0) is 4.74 Å². The smallest absolute Gasteiger partial charge is 0.260 e. The standard InChI is InChI=1S/C20H20ClFN2O3/c1-20(2)12-27-11-10-24(20)19(26)13-6-8-14(9-7-13)23-18(25)17-15(21)4-3-5-16(17)22/h3-9H,10-12H2,1-2H3,(H,23,25). The molecule has 142 valence electrons. The summed E-state index contributed by atoms with van der Waals surface area (Å²) in [5, 5.41) is 2.63. The molecule has 27 heavy (non-hydrogen) atoms. The van der Waals surface area contributed by atoms with Crippen LogP contribution < -0.4 is 5.32 Å². The number of anilines is 1. The first-order chi connectivity index (χ1) is 12.8. The summed E-state index contributed by atoms with van der Waals surface area (Å²) < 4.78 is 19.3. The van der Waals surface area contributed by atoms with Crippen LogP contribution in [0.4, 0.5) is 10.1 Å². The van der Waals surface area contributed by atoms with Gasteiger partial charge in [-0.05, 0) is 50.2 Å². The van der Waals surface area contributed by atoms with Crippen molar-refractivity contribution in [3.63, 3.8) is 0 Å². The van der Waals surface area contributed by atoms with E-state index in [2.05, 4.69) is 5.32 Å². The molecule has 7 heteroatoms.